The van der Waals surface area contributed by atoms with Gasteiger partial charge in [-0.1, -0.05) is 0 Å². The summed E-state index contributed by atoms with van der Waals surface area (Å²) in [5, 5.41) is 3.38. The smallest absolute Gasteiger partial charge is 0.0399 e. The van der Waals surface area contributed by atoms with Crippen LogP contribution in [0.5, 0.6) is 0 Å². The number of fused-ring (bicyclic) bond motifs is 1. The molecule has 2 saturated carbocycles. The first kappa shape index (κ1) is 5.03. The lowest BCUT2D eigenvalue weighted by Gasteiger charge is -2.23. The largest absolute Gasteiger partial charge is 0.381 e. The van der Waals surface area contributed by atoms with Crippen molar-refractivity contribution in [3.05, 3.63) is 17.5 Å². The molecule has 4 atom stereocenters. The molecule has 52 valence electrons. The Morgan fingerprint density at radius 1 is 1.70 bits per heavy atom. The normalized spacial score (nSPS) is 53.5. The van der Waals surface area contributed by atoms with Gasteiger partial charge in [-0.2, -0.15) is 0 Å². The lowest BCUT2D eigenvalue weighted by atomic mass is 9.81. The average molecular weight is 133 g/mol. The standard InChI is InChI=1S/C9H11N/c1-5-2-3-10-9-7-4-6(5)8(7)9/h3,6-10H,4H2,1H3. The number of rotatable bonds is 0. The second-order valence-corrected chi connectivity index (χ2v) is 3.75. The third kappa shape index (κ3) is 0.392. The predicted octanol–water partition coefficient (Wildman–Crippen LogP) is 1.28. The van der Waals surface area contributed by atoms with Crippen LogP contribution in [0.15, 0.2) is 17.5 Å². The molecule has 2 fully saturated rings. The van der Waals surface area contributed by atoms with Gasteiger partial charge in [0, 0.05) is 12.2 Å². The maximum atomic E-state index is 3.38. The van der Waals surface area contributed by atoms with Crippen LogP contribution in [0.1, 0.15) is 13.3 Å². The Kier molecular flexibility index (Phi) is 0.669. The van der Waals surface area contributed by atoms with E-state index in [0.717, 1.165) is 23.8 Å². The fourth-order valence-corrected chi connectivity index (χ4v) is 2.57. The van der Waals surface area contributed by atoms with E-state index < -0.39 is 0 Å². The fourth-order valence-electron chi connectivity index (χ4n) is 2.57. The van der Waals surface area contributed by atoms with Crippen LogP contribution in [0.3, 0.4) is 0 Å². The van der Waals surface area contributed by atoms with Gasteiger partial charge in [-0.25, -0.2) is 0 Å². The lowest BCUT2D eigenvalue weighted by molar-refractivity contribution is 0.339. The third-order valence-corrected chi connectivity index (χ3v) is 3.35. The molecule has 0 aromatic rings. The highest BCUT2D eigenvalue weighted by atomic mass is 15.0. The minimum atomic E-state index is 0.829. The summed E-state index contributed by atoms with van der Waals surface area (Å²) < 4.78 is 0. The summed E-state index contributed by atoms with van der Waals surface area (Å²) in [6.07, 6.45) is 3.43. The highest BCUT2D eigenvalue weighted by Gasteiger charge is 2.63. The van der Waals surface area contributed by atoms with Crippen LogP contribution in [-0.2, 0) is 0 Å². The molecule has 0 spiro atoms. The molecule has 0 aromatic heterocycles. The van der Waals surface area contributed by atoms with Crippen LogP contribution >= 0.6 is 0 Å². The summed E-state index contributed by atoms with van der Waals surface area (Å²) in [4.78, 5) is 0. The van der Waals surface area contributed by atoms with E-state index in [1.807, 2.05) is 6.20 Å². The number of nitrogens with one attached hydrogen (secondary N) is 1. The van der Waals surface area contributed by atoms with Crippen LogP contribution < -0.4 is 5.32 Å². The Hall–Kier alpha value is -0.680. The minimum absolute atomic E-state index is 0.829. The van der Waals surface area contributed by atoms with Gasteiger partial charge in [0.2, 0.25) is 0 Å². The maximum absolute atomic E-state index is 3.38. The first-order valence-corrected chi connectivity index (χ1v) is 4.05. The van der Waals surface area contributed by atoms with Gasteiger partial charge in [-0.3, -0.25) is 0 Å². The molecule has 2 aliphatic carbocycles. The van der Waals surface area contributed by atoms with Gasteiger partial charge in [0.15, 0.2) is 0 Å². The van der Waals surface area contributed by atoms with E-state index in [0.29, 0.717) is 0 Å². The zero-order valence-electron chi connectivity index (χ0n) is 6.09. The Morgan fingerprint density at radius 2 is 2.60 bits per heavy atom. The van der Waals surface area contributed by atoms with Gasteiger partial charge in [-0.15, -0.1) is 5.73 Å². The second-order valence-electron chi connectivity index (χ2n) is 3.75. The highest BCUT2D eigenvalue weighted by molar-refractivity contribution is 5.27. The molecule has 1 nitrogen and oxygen atoms in total. The van der Waals surface area contributed by atoms with Crippen LogP contribution in [0.2, 0.25) is 0 Å². The number of allylic oxidation sites excluding steroid dienone is 1. The predicted molar refractivity (Wildman–Crippen MR) is 39.3 cm³/mol. The molecule has 0 radical (unpaired) electrons. The zero-order valence-corrected chi connectivity index (χ0v) is 6.09. The summed E-state index contributed by atoms with van der Waals surface area (Å²) in [5.41, 5.74) is 4.74. The van der Waals surface area contributed by atoms with Crippen molar-refractivity contribution < 1.29 is 0 Å². The zero-order chi connectivity index (χ0) is 6.72. The molecule has 0 bridgehead atoms. The quantitative estimate of drug-likeness (QED) is 0.491. The molecule has 0 aromatic carbocycles. The molecule has 1 aliphatic heterocycles. The fraction of sp³-hybridized carbons (Fsp3) is 0.667. The van der Waals surface area contributed by atoms with Crippen molar-refractivity contribution >= 4 is 0 Å². The van der Waals surface area contributed by atoms with E-state index in [2.05, 4.69) is 18.0 Å². The average Bonchev–Trinajstić information content (AvgIpc) is 2.33. The Morgan fingerprint density at radius 3 is 3.50 bits per heavy atom. The minimum Gasteiger partial charge on any atom is -0.381 e. The molecular formula is C9H11N. The maximum Gasteiger partial charge on any atom is 0.0399 e. The van der Waals surface area contributed by atoms with Crippen LogP contribution in [0, 0.1) is 17.8 Å². The van der Waals surface area contributed by atoms with E-state index in [1.54, 1.807) is 0 Å². The number of hydrogen-bond acceptors (Lipinski definition) is 1. The molecule has 4 unspecified atom stereocenters. The van der Waals surface area contributed by atoms with E-state index in [-0.39, 0.29) is 0 Å². The summed E-state index contributed by atoms with van der Waals surface area (Å²) in [6.45, 7) is 2.21. The van der Waals surface area contributed by atoms with Crippen LogP contribution in [-0.4, -0.2) is 6.04 Å². The van der Waals surface area contributed by atoms with Gasteiger partial charge in [0.05, 0.1) is 0 Å². The molecule has 1 N–H and O–H groups in total. The van der Waals surface area contributed by atoms with Crippen molar-refractivity contribution in [3.8, 4) is 0 Å². The van der Waals surface area contributed by atoms with Gasteiger partial charge < -0.3 is 5.32 Å². The third-order valence-electron chi connectivity index (χ3n) is 3.35. The SMILES string of the molecule is CC1=C=CNC2C3CC1C32. The summed E-state index contributed by atoms with van der Waals surface area (Å²) in [6, 6.07) is 0.829. The molecule has 1 heteroatoms. The van der Waals surface area contributed by atoms with Crippen molar-refractivity contribution in [1.82, 2.24) is 5.32 Å². The van der Waals surface area contributed by atoms with Crippen molar-refractivity contribution in [2.24, 2.45) is 17.8 Å². The van der Waals surface area contributed by atoms with Gasteiger partial charge in [0.1, 0.15) is 0 Å². The first-order chi connectivity index (χ1) is 4.88. The Labute approximate surface area is 60.8 Å². The summed E-state index contributed by atoms with van der Waals surface area (Å²) in [5.74, 6) is 2.91. The van der Waals surface area contributed by atoms with E-state index in [9.17, 15) is 0 Å². The van der Waals surface area contributed by atoms with Crippen molar-refractivity contribution in [2.45, 2.75) is 19.4 Å². The highest BCUT2D eigenvalue weighted by Crippen LogP contribution is 2.62. The van der Waals surface area contributed by atoms with E-state index >= 15 is 0 Å². The molecule has 0 amide bonds. The van der Waals surface area contributed by atoms with Crippen molar-refractivity contribution in [3.63, 3.8) is 0 Å². The van der Waals surface area contributed by atoms with Crippen molar-refractivity contribution in [2.75, 3.05) is 0 Å². The summed E-state index contributed by atoms with van der Waals surface area (Å²) >= 11 is 0. The van der Waals surface area contributed by atoms with E-state index in [4.69, 9.17) is 0 Å². The molecular weight excluding hydrogens is 122 g/mol. The molecule has 0 saturated heterocycles. The Balaban J connectivity index is 2.03. The van der Waals surface area contributed by atoms with Crippen LogP contribution in [0.4, 0.5) is 0 Å². The topological polar surface area (TPSA) is 12.0 Å². The van der Waals surface area contributed by atoms with Gasteiger partial charge in [-0.05, 0) is 36.7 Å². The second kappa shape index (κ2) is 1.33. The monoisotopic (exact) mass is 133 g/mol. The molecule has 10 heavy (non-hydrogen) atoms. The summed E-state index contributed by atoms with van der Waals surface area (Å²) in [7, 11) is 0. The number of hydrogen-bond donors (Lipinski definition) is 1. The van der Waals surface area contributed by atoms with Gasteiger partial charge in [0.25, 0.3) is 0 Å². The van der Waals surface area contributed by atoms with Gasteiger partial charge >= 0.3 is 0 Å². The van der Waals surface area contributed by atoms with Crippen molar-refractivity contribution in [1.29, 1.82) is 0 Å². The van der Waals surface area contributed by atoms with E-state index in [1.165, 1.54) is 12.0 Å². The molecule has 1 heterocycles. The van der Waals surface area contributed by atoms with Crippen LogP contribution in [0.25, 0.3) is 0 Å². The lowest BCUT2D eigenvalue weighted by Crippen LogP contribution is -2.15. The Bertz CT molecular complexity index is 247. The molecule has 3 aliphatic rings. The molecule has 3 rings (SSSR count). The first-order valence-electron chi connectivity index (χ1n) is 4.05.